The number of thiophene rings is 1. The van der Waals surface area contributed by atoms with E-state index in [9.17, 15) is 13.2 Å². The molecule has 0 aliphatic carbocycles. The van der Waals surface area contributed by atoms with Gasteiger partial charge in [-0.05, 0) is 31.9 Å². The van der Waals surface area contributed by atoms with E-state index in [1.807, 2.05) is 24.7 Å². The zero-order valence-electron chi connectivity index (χ0n) is 14.5. The molecule has 0 spiro atoms. The van der Waals surface area contributed by atoms with Crippen molar-refractivity contribution in [2.75, 3.05) is 24.2 Å². The number of aromatic nitrogens is 2. The van der Waals surface area contributed by atoms with Crippen LogP contribution in [0.1, 0.15) is 28.2 Å². The number of aryl methyl sites for hydroxylation is 2. The molecule has 0 bridgehead atoms. The topological polar surface area (TPSA) is 84.3 Å². The first-order valence-electron chi connectivity index (χ1n) is 8.10. The predicted molar refractivity (Wildman–Crippen MR) is 98.1 cm³/mol. The second kappa shape index (κ2) is 6.80. The van der Waals surface area contributed by atoms with Crippen molar-refractivity contribution in [1.29, 1.82) is 0 Å². The summed E-state index contributed by atoms with van der Waals surface area (Å²) in [6, 6.07) is 5.13. The van der Waals surface area contributed by atoms with Gasteiger partial charge in [-0.25, -0.2) is 8.42 Å². The van der Waals surface area contributed by atoms with Gasteiger partial charge in [0.05, 0.1) is 10.6 Å². The lowest BCUT2D eigenvalue weighted by Gasteiger charge is -2.34. The molecule has 0 radical (unpaired) electrons. The van der Waals surface area contributed by atoms with Gasteiger partial charge in [-0.1, -0.05) is 0 Å². The summed E-state index contributed by atoms with van der Waals surface area (Å²) in [7, 11) is -1.36. The summed E-state index contributed by atoms with van der Waals surface area (Å²) in [6.07, 6.45) is 3.03. The molecule has 1 aliphatic heterocycles. The van der Waals surface area contributed by atoms with Crippen LogP contribution in [-0.2, 0) is 16.9 Å². The van der Waals surface area contributed by atoms with E-state index in [1.54, 1.807) is 6.07 Å². The third-order valence-corrected chi connectivity index (χ3v) is 7.13. The van der Waals surface area contributed by atoms with Crippen LogP contribution < -0.4 is 10.2 Å². The van der Waals surface area contributed by atoms with Crippen LogP contribution in [0.5, 0.6) is 0 Å². The molecular weight excluding hydrogens is 360 g/mol. The van der Waals surface area contributed by atoms with Gasteiger partial charge in [-0.2, -0.15) is 5.10 Å². The van der Waals surface area contributed by atoms with Crippen molar-refractivity contribution in [2.45, 2.75) is 30.0 Å². The number of rotatable bonds is 4. The van der Waals surface area contributed by atoms with Crippen LogP contribution in [0.3, 0.4) is 0 Å². The van der Waals surface area contributed by atoms with E-state index >= 15 is 0 Å². The Bertz CT molecular complexity index is 885. The first kappa shape index (κ1) is 17.9. The van der Waals surface area contributed by atoms with Crippen molar-refractivity contribution in [3.63, 3.8) is 0 Å². The first-order chi connectivity index (χ1) is 11.7. The predicted octanol–water partition coefficient (Wildman–Crippen LogP) is 1.59. The Kier molecular flexibility index (Phi) is 4.88. The minimum Gasteiger partial charge on any atom is -0.355 e. The number of anilines is 1. The third-order valence-electron chi connectivity index (χ3n) is 4.23. The highest BCUT2D eigenvalue weighted by Gasteiger charge is 2.25. The highest BCUT2D eigenvalue weighted by Crippen LogP contribution is 2.23. The fourth-order valence-corrected chi connectivity index (χ4v) is 4.92. The number of piperidine rings is 1. The molecule has 1 amide bonds. The normalized spacial score (nSPS) is 18.4. The summed E-state index contributed by atoms with van der Waals surface area (Å²) in [5, 5.41) is 7.41. The minimum atomic E-state index is -3.28. The summed E-state index contributed by atoms with van der Waals surface area (Å²) >= 11 is 1.01. The maximum absolute atomic E-state index is 12.4. The number of sulfone groups is 1. The van der Waals surface area contributed by atoms with E-state index < -0.39 is 9.84 Å². The molecule has 9 heteroatoms. The maximum atomic E-state index is 12.4. The lowest BCUT2D eigenvalue weighted by Crippen LogP contribution is -2.48. The first-order valence-corrected chi connectivity index (χ1v) is 10.8. The average molecular weight is 383 g/mol. The molecule has 7 nitrogen and oxygen atoms in total. The Morgan fingerprint density at radius 3 is 2.76 bits per heavy atom. The summed E-state index contributed by atoms with van der Waals surface area (Å²) in [5.41, 5.74) is 0.968. The molecule has 1 atom stereocenters. The van der Waals surface area contributed by atoms with Crippen molar-refractivity contribution in [2.24, 2.45) is 7.05 Å². The lowest BCUT2D eigenvalue weighted by molar-refractivity contribution is 0.0937. The van der Waals surface area contributed by atoms with E-state index in [0.717, 1.165) is 55.0 Å². The number of nitrogens with one attached hydrogen (secondary N) is 1. The zero-order chi connectivity index (χ0) is 18.2. The van der Waals surface area contributed by atoms with E-state index in [2.05, 4.69) is 15.3 Å². The van der Waals surface area contributed by atoms with Crippen LogP contribution in [0.25, 0.3) is 0 Å². The maximum Gasteiger partial charge on any atom is 0.261 e. The molecule has 0 unspecified atom stereocenters. The Morgan fingerprint density at radius 2 is 2.16 bits per heavy atom. The average Bonchev–Trinajstić information content (AvgIpc) is 3.14. The third kappa shape index (κ3) is 4.04. The largest absolute Gasteiger partial charge is 0.355 e. The second-order valence-electron chi connectivity index (χ2n) is 6.42. The molecule has 136 valence electrons. The fraction of sp³-hybridized carbons (Fsp3) is 0.500. The zero-order valence-corrected chi connectivity index (χ0v) is 16.2. The molecule has 1 aliphatic rings. The molecule has 25 heavy (non-hydrogen) atoms. The number of amides is 1. The summed E-state index contributed by atoms with van der Waals surface area (Å²) in [5.74, 6) is 0.833. The summed E-state index contributed by atoms with van der Waals surface area (Å²) in [6.45, 7) is 3.61. The van der Waals surface area contributed by atoms with Crippen LogP contribution in [0.15, 0.2) is 22.4 Å². The van der Waals surface area contributed by atoms with Gasteiger partial charge in [-0.15, -0.1) is 11.3 Å². The number of carbonyl (C=O) groups is 1. The van der Waals surface area contributed by atoms with Crippen LogP contribution in [-0.4, -0.2) is 49.5 Å². The SMILES string of the molecule is Cc1cc(N2CCC[C@@H](NC(=O)c3ccc(S(C)(=O)=O)s3)C2)n(C)n1. The molecule has 3 rings (SSSR count). The van der Waals surface area contributed by atoms with E-state index in [1.165, 1.54) is 6.07 Å². The standard InChI is InChI=1S/C16H22N4O3S2/c1-11-9-14(19(2)18-11)20-8-4-5-12(10-20)17-16(21)13-6-7-15(24-13)25(3,22)23/h6-7,9,12H,4-5,8,10H2,1-3H3,(H,17,21)/t12-/m1/s1. The van der Waals surface area contributed by atoms with Crippen molar-refractivity contribution in [3.8, 4) is 0 Å². The monoisotopic (exact) mass is 382 g/mol. The molecule has 3 heterocycles. The van der Waals surface area contributed by atoms with E-state index in [0.29, 0.717) is 4.88 Å². The molecule has 1 N–H and O–H groups in total. The van der Waals surface area contributed by atoms with Gasteiger partial charge in [0.2, 0.25) is 0 Å². The van der Waals surface area contributed by atoms with Crippen LogP contribution in [0, 0.1) is 6.92 Å². The molecule has 0 aromatic carbocycles. The van der Waals surface area contributed by atoms with Gasteiger partial charge in [0.25, 0.3) is 5.91 Å². The van der Waals surface area contributed by atoms with Crippen molar-refractivity contribution >= 4 is 32.9 Å². The molecule has 2 aromatic heterocycles. The Balaban J connectivity index is 1.67. The molecule has 1 fully saturated rings. The van der Waals surface area contributed by atoms with E-state index in [4.69, 9.17) is 0 Å². The van der Waals surface area contributed by atoms with Gasteiger partial charge in [0.1, 0.15) is 10.0 Å². The Hall–Kier alpha value is -1.87. The molecule has 1 saturated heterocycles. The van der Waals surface area contributed by atoms with Gasteiger partial charge >= 0.3 is 0 Å². The van der Waals surface area contributed by atoms with Gasteiger partial charge in [-0.3, -0.25) is 9.48 Å². The van der Waals surface area contributed by atoms with Crippen LogP contribution in [0.2, 0.25) is 0 Å². The molecule has 2 aromatic rings. The minimum absolute atomic E-state index is 0.0280. The smallest absolute Gasteiger partial charge is 0.261 e. The van der Waals surface area contributed by atoms with Gasteiger partial charge in [0.15, 0.2) is 9.84 Å². The Morgan fingerprint density at radius 1 is 1.40 bits per heavy atom. The number of carbonyl (C=O) groups excluding carboxylic acids is 1. The quantitative estimate of drug-likeness (QED) is 0.868. The van der Waals surface area contributed by atoms with Crippen molar-refractivity contribution in [3.05, 3.63) is 28.8 Å². The number of nitrogens with zero attached hydrogens (tertiary/aromatic N) is 3. The Labute approximate surface area is 151 Å². The van der Waals surface area contributed by atoms with Gasteiger partial charge < -0.3 is 10.2 Å². The highest BCUT2D eigenvalue weighted by atomic mass is 32.2. The summed E-state index contributed by atoms with van der Waals surface area (Å²) in [4.78, 5) is 15.1. The fourth-order valence-electron chi connectivity index (χ4n) is 3.09. The van der Waals surface area contributed by atoms with E-state index in [-0.39, 0.29) is 16.2 Å². The highest BCUT2D eigenvalue weighted by molar-refractivity contribution is 7.92. The lowest BCUT2D eigenvalue weighted by atomic mass is 10.1. The molecule has 0 saturated carbocycles. The number of hydrogen-bond donors (Lipinski definition) is 1. The summed E-state index contributed by atoms with van der Waals surface area (Å²) < 4.78 is 25.2. The second-order valence-corrected chi connectivity index (χ2v) is 9.74. The van der Waals surface area contributed by atoms with Crippen molar-refractivity contribution in [1.82, 2.24) is 15.1 Å². The van der Waals surface area contributed by atoms with Crippen molar-refractivity contribution < 1.29 is 13.2 Å². The van der Waals surface area contributed by atoms with Crippen LogP contribution >= 0.6 is 11.3 Å². The number of hydrogen-bond acceptors (Lipinski definition) is 6. The molecular formula is C16H22N4O3S2. The van der Waals surface area contributed by atoms with Gasteiger partial charge in [0, 0.05) is 38.5 Å². The van der Waals surface area contributed by atoms with Crippen LogP contribution in [0.4, 0.5) is 5.82 Å².